The molecule has 5 heteroatoms. The van der Waals surface area contributed by atoms with Crippen LogP contribution in [-0.2, 0) is 6.42 Å². The largest absolute Gasteiger partial charge is 0.456 e. The number of furan rings is 1. The van der Waals surface area contributed by atoms with E-state index < -0.39 is 0 Å². The van der Waals surface area contributed by atoms with Gasteiger partial charge >= 0.3 is 0 Å². The summed E-state index contributed by atoms with van der Waals surface area (Å²) in [5.74, 6) is 2.51. The summed E-state index contributed by atoms with van der Waals surface area (Å²) < 4.78 is 9.08. The van der Waals surface area contributed by atoms with Gasteiger partial charge in [-0.1, -0.05) is 152 Å². The summed E-state index contributed by atoms with van der Waals surface area (Å²) in [6.07, 6.45) is 4.79. The molecule has 5 nitrogen and oxygen atoms in total. The van der Waals surface area contributed by atoms with Crippen molar-refractivity contribution in [2.45, 2.75) is 12.6 Å². The first-order valence-corrected chi connectivity index (χ1v) is 18.5. The van der Waals surface area contributed by atoms with E-state index in [1.165, 1.54) is 43.6 Å². The van der Waals surface area contributed by atoms with Crippen LogP contribution in [0.5, 0.6) is 0 Å². The van der Waals surface area contributed by atoms with Crippen LogP contribution < -0.4 is 5.32 Å². The second kappa shape index (κ2) is 12.3. The minimum Gasteiger partial charge on any atom is -0.456 e. The van der Waals surface area contributed by atoms with Crippen molar-refractivity contribution in [3.63, 3.8) is 0 Å². The van der Waals surface area contributed by atoms with Gasteiger partial charge in [0.05, 0.1) is 11.0 Å². The van der Waals surface area contributed by atoms with Gasteiger partial charge in [0.2, 0.25) is 5.96 Å². The Bertz CT molecular complexity index is 2930. The molecule has 0 amide bonds. The number of nitrogens with one attached hydrogen (secondary N) is 1. The van der Waals surface area contributed by atoms with E-state index in [0.717, 1.165) is 57.3 Å². The lowest BCUT2D eigenvalue weighted by atomic mass is 9.87. The fourth-order valence-electron chi connectivity index (χ4n) is 8.43. The van der Waals surface area contributed by atoms with E-state index in [1.54, 1.807) is 0 Å². The van der Waals surface area contributed by atoms with Crippen molar-refractivity contribution >= 4 is 61.4 Å². The maximum atomic E-state index is 6.83. The Balaban J connectivity index is 1.04. The molecule has 1 aliphatic heterocycles. The first-order valence-electron chi connectivity index (χ1n) is 18.5. The third-order valence-corrected chi connectivity index (χ3v) is 11.0. The Morgan fingerprint density at radius 3 is 1.89 bits per heavy atom. The van der Waals surface area contributed by atoms with E-state index in [0.29, 0.717) is 0 Å². The molecule has 1 N–H and O–H groups in total. The topological polar surface area (TPSA) is 54.8 Å². The number of benzene rings is 7. The maximum Gasteiger partial charge on any atom is 0.211 e. The van der Waals surface area contributed by atoms with Crippen LogP contribution in [0.4, 0.5) is 0 Å². The van der Waals surface area contributed by atoms with E-state index in [-0.39, 0.29) is 12.1 Å². The third kappa shape index (κ3) is 4.93. The van der Waals surface area contributed by atoms with E-state index in [9.17, 15) is 0 Å². The van der Waals surface area contributed by atoms with Gasteiger partial charge in [-0.3, -0.25) is 4.57 Å². The van der Waals surface area contributed by atoms with Crippen molar-refractivity contribution in [2.24, 2.45) is 15.9 Å². The summed E-state index contributed by atoms with van der Waals surface area (Å²) in [7, 11) is 0. The summed E-state index contributed by atoms with van der Waals surface area (Å²) in [6.45, 7) is 0. The van der Waals surface area contributed by atoms with Crippen LogP contribution in [-0.4, -0.2) is 22.5 Å². The van der Waals surface area contributed by atoms with E-state index in [2.05, 4.69) is 180 Å². The van der Waals surface area contributed by atoms with Crippen molar-refractivity contribution in [1.82, 2.24) is 9.88 Å². The van der Waals surface area contributed by atoms with Crippen LogP contribution in [0.1, 0.15) is 16.9 Å². The highest BCUT2D eigenvalue weighted by atomic mass is 16.3. The van der Waals surface area contributed by atoms with Crippen LogP contribution in [0.2, 0.25) is 0 Å². The highest BCUT2D eigenvalue weighted by Crippen LogP contribution is 2.43. The molecule has 1 aliphatic carbocycles. The summed E-state index contributed by atoms with van der Waals surface area (Å²) in [5, 5.41) is 9.61. The summed E-state index contributed by atoms with van der Waals surface area (Å²) in [4.78, 5) is 10.7. The molecular formula is C49H34N4O. The highest BCUT2D eigenvalue weighted by molar-refractivity contribution is 6.18. The Morgan fingerprint density at radius 2 is 1.17 bits per heavy atom. The monoisotopic (exact) mass is 694 g/mol. The number of aliphatic imine (C=N–C) groups is 2. The minimum atomic E-state index is -0.356. The van der Waals surface area contributed by atoms with Crippen LogP contribution >= 0.6 is 0 Å². The SMILES string of the molecule is C1=CC(C2N=C(c3ccccc3)NC(n3c4ccccc4c4ccccc43)=N2)Cc2c1oc1c(-c3ccc(-c4ccccc4)cc3)cc3ccccc3c21. The molecule has 0 bridgehead atoms. The molecule has 2 unspecified atom stereocenters. The van der Waals surface area contributed by atoms with E-state index in [4.69, 9.17) is 14.4 Å². The van der Waals surface area contributed by atoms with Gasteiger partial charge in [-0.25, -0.2) is 9.98 Å². The Hall–Kier alpha value is -6.98. The van der Waals surface area contributed by atoms with Crippen LogP contribution in [0.15, 0.2) is 184 Å². The zero-order valence-corrected chi connectivity index (χ0v) is 29.4. The molecule has 256 valence electrons. The van der Waals surface area contributed by atoms with Crippen LogP contribution in [0, 0.1) is 5.92 Å². The van der Waals surface area contributed by atoms with E-state index in [1.807, 2.05) is 6.07 Å². The molecule has 2 atom stereocenters. The zero-order valence-electron chi connectivity index (χ0n) is 29.4. The van der Waals surface area contributed by atoms with Crippen molar-refractivity contribution in [2.75, 3.05) is 0 Å². The number of amidine groups is 1. The molecule has 3 heterocycles. The number of nitrogens with zero attached hydrogens (tertiary/aromatic N) is 3. The molecule has 9 aromatic rings. The fraction of sp³-hybridized carbons (Fsp3) is 0.0612. The van der Waals surface area contributed by atoms with Gasteiger partial charge < -0.3 is 9.73 Å². The third-order valence-electron chi connectivity index (χ3n) is 11.0. The molecule has 0 saturated heterocycles. The minimum absolute atomic E-state index is 0.00905. The molecule has 11 rings (SSSR count). The number of hydrogen-bond donors (Lipinski definition) is 1. The lowest BCUT2D eigenvalue weighted by molar-refractivity contribution is 0.498. The van der Waals surface area contributed by atoms with Gasteiger partial charge in [-0.15, -0.1) is 0 Å². The molecule has 7 aromatic carbocycles. The average molecular weight is 695 g/mol. The molecule has 2 aromatic heterocycles. The number of para-hydroxylation sites is 2. The van der Waals surface area contributed by atoms with Crippen molar-refractivity contribution in [1.29, 1.82) is 0 Å². The Kier molecular flexibility index (Phi) is 6.99. The van der Waals surface area contributed by atoms with Crippen molar-refractivity contribution in [3.8, 4) is 22.3 Å². The van der Waals surface area contributed by atoms with Gasteiger partial charge in [0, 0.05) is 38.8 Å². The lowest BCUT2D eigenvalue weighted by Crippen LogP contribution is -2.42. The normalized spacial score (nSPS) is 16.7. The van der Waals surface area contributed by atoms with Crippen molar-refractivity contribution < 1.29 is 4.42 Å². The molecule has 0 fully saturated rings. The van der Waals surface area contributed by atoms with Crippen molar-refractivity contribution in [3.05, 3.63) is 187 Å². The molecule has 0 radical (unpaired) electrons. The predicted molar refractivity (Wildman–Crippen MR) is 223 cm³/mol. The van der Waals surface area contributed by atoms with E-state index >= 15 is 0 Å². The average Bonchev–Trinajstić information content (AvgIpc) is 3.80. The Labute approximate surface area is 312 Å². The molecule has 2 aliphatic rings. The molecule has 54 heavy (non-hydrogen) atoms. The number of aromatic nitrogens is 1. The number of hydrogen-bond acceptors (Lipinski definition) is 4. The zero-order chi connectivity index (χ0) is 35.6. The number of rotatable bonds is 4. The highest BCUT2D eigenvalue weighted by Gasteiger charge is 2.31. The van der Waals surface area contributed by atoms with Gasteiger partial charge in [-0.05, 0) is 58.2 Å². The quantitative estimate of drug-likeness (QED) is 0.199. The van der Waals surface area contributed by atoms with Gasteiger partial charge in [0.15, 0.2) is 6.17 Å². The second-order valence-corrected chi connectivity index (χ2v) is 14.2. The maximum absolute atomic E-state index is 6.83. The molecule has 0 spiro atoms. The first kappa shape index (κ1) is 30.6. The van der Waals surface area contributed by atoms with Crippen LogP contribution in [0.25, 0.3) is 71.9 Å². The summed E-state index contributed by atoms with van der Waals surface area (Å²) in [5.41, 5.74) is 10.0. The first-order chi connectivity index (χ1) is 26.8. The molecule has 0 saturated carbocycles. The second-order valence-electron chi connectivity index (χ2n) is 14.2. The number of fused-ring (bicyclic) bond motifs is 8. The van der Waals surface area contributed by atoms with Gasteiger partial charge in [-0.2, -0.15) is 0 Å². The van der Waals surface area contributed by atoms with Gasteiger partial charge in [0.25, 0.3) is 0 Å². The lowest BCUT2D eigenvalue weighted by Gasteiger charge is -2.28. The van der Waals surface area contributed by atoms with Crippen LogP contribution in [0.3, 0.4) is 0 Å². The smallest absolute Gasteiger partial charge is 0.211 e. The summed E-state index contributed by atoms with van der Waals surface area (Å²) >= 11 is 0. The molecular weight excluding hydrogens is 661 g/mol. The summed E-state index contributed by atoms with van der Waals surface area (Å²) in [6, 6.07) is 57.8. The van der Waals surface area contributed by atoms with Gasteiger partial charge in [0.1, 0.15) is 17.2 Å². The fourth-order valence-corrected chi connectivity index (χ4v) is 8.43. The Morgan fingerprint density at radius 1 is 0.574 bits per heavy atom. The standard InChI is InChI=1S/C49H34N4O/c1-3-13-31(14-4-1)32-23-25-33(26-24-32)40-29-35-17-7-8-18-37(35)45-41-30-36(27-28-44(41)54-46(40)45)48-50-47(34-15-5-2-6-16-34)51-49(52-48)53-42-21-11-9-19-38(42)39-20-10-12-22-43(39)53/h1-29,36,48H,30H2,(H,50,51,52). The predicted octanol–water partition coefficient (Wildman–Crippen LogP) is 11.5.